The van der Waals surface area contributed by atoms with Crippen molar-refractivity contribution in [1.82, 2.24) is 10.3 Å². The molecule has 1 rings (SSSR count). The standard InChI is InChI=1S/C9H16N4O2/c1-7(4-9(14)12-11)13-2-3-15-8(5-10)6-13/h7-8H,2-4,6,11H2,1H3,(H,12,14). The number of nitriles is 1. The number of nitrogens with zero attached hydrogens (tertiary/aromatic N) is 2. The molecule has 0 radical (unpaired) electrons. The summed E-state index contributed by atoms with van der Waals surface area (Å²) in [6.07, 6.45) is -0.0450. The third-order valence-corrected chi connectivity index (χ3v) is 2.51. The predicted molar refractivity (Wildman–Crippen MR) is 53.3 cm³/mol. The van der Waals surface area contributed by atoms with E-state index in [2.05, 4.69) is 16.4 Å². The topological polar surface area (TPSA) is 91.4 Å². The maximum atomic E-state index is 11.1. The van der Waals surface area contributed by atoms with E-state index in [0.29, 0.717) is 19.6 Å². The monoisotopic (exact) mass is 212 g/mol. The number of nitrogens with two attached hydrogens (primary N) is 1. The normalized spacial score (nSPS) is 24.2. The molecule has 6 heteroatoms. The van der Waals surface area contributed by atoms with Gasteiger partial charge in [-0.05, 0) is 6.92 Å². The van der Waals surface area contributed by atoms with Gasteiger partial charge < -0.3 is 4.74 Å². The van der Waals surface area contributed by atoms with E-state index < -0.39 is 0 Å². The lowest BCUT2D eigenvalue weighted by Crippen LogP contribution is -2.48. The molecule has 2 unspecified atom stereocenters. The van der Waals surface area contributed by atoms with Crippen molar-refractivity contribution >= 4 is 5.91 Å². The molecule has 0 aliphatic carbocycles. The number of carbonyl (C=O) groups is 1. The molecule has 6 nitrogen and oxygen atoms in total. The van der Waals surface area contributed by atoms with Crippen molar-refractivity contribution in [2.24, 2.45) is 5.84 Å². The van der Waals surface area contributed by atoms with Gasteiger partial charge in [-0.1, -0.05) is 0 Å². The van der Waals surface area contributed by atoms with Crippen molar-refractivity contribution in [2.45, 2.75) is 25.5 Å². The number of amides is 1. The number of ether oxygens (including phenoxy) is 1. The molecule has 1 saturated heterocycles. The van der Waals surface area contributed by atoms with Gasteiger partial charge in [-0.25, -0.2) is 5.84 Å². The van der Waals surface area contributed by atoms with Crippen LogP contribution in [-0.2, 0) is 9.53 Å². The molecular formula is C9H16N4O2. The molecule has 0 bridgehead atoms. The van der Waals surface area contributed by atoms with Crippen LogP contribution >= 0.6 is 0 Å². The number of hydrogen-bond donors (Lipinski definition) is 2. The van der Waals surface area contributed by atoms with Crippen LogP contribution in [0.15, 0.2) is 0 Å². The van der Waals surface area contributed by atoms with E-state index in [4.69, 9.17) is 15.8 Å². The Kier molecular flexibility index (Phi) is 4.49. The van der Waals surface area contributed by atoms with E-state index in [-0.39, 0.29) is 18.1 Å². The fourth-order valence-corrected chi connectivity index (χ4v) is 1.60. The number of rotatable bonds is 3. The molecule has 3 N–H and O–H groups in total. The Morgan fingerprint density at radius 3 is 3.20 bits per heavy atom. The van der Waals surface area contributed by atoms with Gasteiger partial charge in [0.05, 0.1) is 12.7 Å². The second-order valence-electron chi connectivity index (χ2n) is 3.60. The van der Waals surface area contributed by atoms with Crippen LogP contribution in [0.4, 0.5) is 0 Å². The number of carbonyl (C=O) groups excluding carboxylic acids is 1. The fraction of sp³-hybridized carbons (Fsp3) is 0.778. The zero-order valence-corrected chi connectivity index (χ0v) is 8.77. The number of hydrogen-bond acceptors (Lipinski definition) is 5. The zero-order valence-electron chi connectivity index (χ0n) is 8.77. The molecule has 84 valence electrons. The quantitative estimate of drug-likeness (QED) is 0.355. The van der Waals surface area contributed by atoms with Gasteiger partial charge in [0.1, 0.15) is 0 Å². The van der Waals surface area contributed by atoms with E-state index in [1.165, 1.54) is 0 Å². The van der Waals surface area contributed by atoms with Crippen LogP contribution in [0.2, 0.25) is 0 Å². The molecule has 1 amide bonds. The highest BCUT2D eigenvalue weighted by Gasteiger charge is 2.24. The zero-order chi connectivity index (χ0) is 11.3. The average molecular weight is 212 g/mol. The Balaban J connectivity index is 2.42. The summed E-state index contributed by atoms with van der Waals surface area (Å²) >= 11 is 0. The lowest BCUT2D eigenvalue weighted by atomic mass is 10.1. The van der Waals surface area contributed by atoms with E-state index >= 15 is 0 Å². The van der Waals surface area contributed by atoms with Gasteiger partial charge in [0.2, 0.25) is 5.91 Å². The van der Waals surface area contributed by atoms with Gasteiger partial charge in [-0.2, -0.15) is 5.26 Å². The molecule has 0 saturated carbocycles. The first kappa shape index (κ1) is 11.9. The van der Waals surface area contributed by atoms with Gasteiger partial charge in [0.25, 0.3) is 0 Å². The summed E-state index contributed by atoms with van der Waals surface area (Å²) in [6, 6.07) is 2.14. The minimum Gasteiger partial charge on any atom is -0.361 e. The first-order valence-electron chi connectivity index (χ1n) is 4.92. The smallest absolute Gasteiger partial charge is 0.235 e. The van der Waals surface area contributed by atoms with Crippen LogP contribution < -0.4 is 11.3 Å². The summed E-state index contributed by atoms with van der Waals surface area (Å²) in [5.41, 5.74) is 2.10. The molecule has 0 aromatic heterocycles. The van der Waals surface area contributed by atoms with Crippen molar-refractivity contribution < 1.29 is 9.53 Å². The summed E-state index contributed by atoms with van der Waals surface area (Å²) in [7, 11) is 0. The largest absolute Gasteiger partial charge is 0.361 e. The summed E-state index contributed by atoms with van der Waals surface area (Å²) in [5, 5.41) is 8.72. The molecule has 0 aromatic rings. The van der Waals surface area contributed by atoms with Gasteiger partial charge in [0, 0.05) is 25.6 Å². The van der Waals surface area contributed by atoms with Crippen molar-refractivity contribution in [3.05, 3.63) is 0 Å². The first-order valence-corrected chi connectivity index (χ1v) is 4.92. The molecule has 1 fully saturated rings. The van der Waals surface area contributed by atoms with Crippen molar-refractivity contribution in [1.29, 1.82) is 5.26 Å². The lowest BCUT2D eigenvalue weighted by molar-refractivity contribution is -0.122. The van der Waals surface area contributed by atoms with Gasteiger partial charge in [-0.15, -0.1) is 0 Å². The number of morpholine rings is 1. The predicted octanol–water partition coefficient (Wildman–Crippen LogP) is -1.02. The van der Waals surface area contributed by atoms with Gasteiger partial charge >= 0.3 is 0 Å². The van der Waals surface area contributed by atoms with E-state index in [9.17, 15) is 4.79 Å². The maximum Gasteiger partial charge on any atom is 0.235 e. The molecule has 0 spiro atoms. The maximum absolute atomic E-state index is 11.1. The van der Waals surface area contributed by atoms with Gasteiger partial charge in [-0.3, -0.25) is 15.1 Å². The van der Waals surface area contributed by atoms with E-state index in [1.54, 1.807) is 0 Å². The Morgan fingerprint density at radius 2 is 2.60 bits per heavy atom. The second kappa shape index (κ2) is 5.66. The van der Waals surface area contributed by atoms with Crippen molar-refractivity contribution in [3.63, 3.8) is 0 Å². The minimum absolute atomic E-state index is 0.0771. The molecule has 15 heavy (non-hydrogen) atoms. The summed E-state index contributed by atoms with van der Waals surface area (Å²) in [4.78, 5) is 13.1. The van der Waals surface area contributed by atoms with Crippen molar-refractivity contribution in [2.75, 3.05) is 19.7 Å². The Bertz CT molecular complexity index is 263. The Morgan fingerprint density at radius 1 is 1.87 bits per heavy atom. The first-order chi connectivity index (χ1) is 7.17. The minimum atomic E-state index is -0.387. The van der Waals surface area contributed by atoms with E-state index in [1.807, 2.05) is 6.92 Å². The average Bonchev–Trinajstić information content (AvgIpc) is 2.28. The van der Waals surface area contributed by atoms with Crippen LogP contribution in [0.3, 0.4) is 0 Å². The van der Waals surface area contributed by atoms with Crippen LogP contribution in [0.25, 0.3) is 0 Å². The summed E-state index contributed by atoms with van der Waals surface area (Å²) in [5.74, 6) is 4.82. The molecule has 1 heterocycles. The third-order valence-electron chi connectivity index (χ3n) is 2.51. The number of hydrazine groups is 1. The molecule has 1 aliphatic heterocycles. The highest BCUT2D eigenvalue weighted by Crippen LogP contribution is 2.10. The molecule has 2 atom stereocenters. The molecular weight excluding hydrogens is 196 g/mol. The highest BCUT2D eigenvalue weighted by molar-refractivity contribution is 5.75. The highest BCUT2D eigenvalue weighted by atomic mass is 16.5. The third kappa shape index (κ3) is 3.47. The van der Waals surface area contributed by atoms with Gasteiger partial charge in [0.15, 0.2) is 6.10 Å². The van der Waals surface area contributed by atoms with Crippen LogP contribution in [0.5, 0.6) is 0 Å². The molecule has 1 aliphatic rings. The SMILES string of the molecule is CC(CC(=O)NN)N1CCOC(C#N)C1. The van der Waals surface area contributed by atoms with Crippen LogP contribution in [0.1, 0.15) is 13.3 Å². The fourth-order valence-electron chi connectivity index (χ4n) is 1.60. The molecule has 0 aromatic carbocycles. The van der Waals surface area contributed by atoms with Crippen LogP contribution in [-0.4, -0.2) is 42.6 Å². The van der Waals surface area contributed by atoms with E-state index in [0.717, 1.165) is 6.54 Å². The lowest BCUT2D eigenvalue weighted by Gasteiger charge is -2.34. The summed E-state index contributed by atoms with van der Waals surface area (Å²) in [6.45, 7) is 3.77. The number of nitrogens with one attached hydrogen (secondary N) is 1. The van der Waals surface area contributed by atoms with Crippen LogP contribution in [0, 0.1) is 11.3 Å². The second-order valence-corrected chi connectivity index (χ2v) is 3.60. The Labute approximate surface area is 88.9 Å². The summed E-state index contributed by atoms with van der Waals surface area (Å²) < 4.78 is 5.21. The Hall–Kier alpha value is -1.16. The van der Waals surface area contributed by atoms with Crippen molar-refractivity contribution in [3.8, 4) is 6.07 Å².